The lowest BCUT2D eigenvalue weighted by atomic mass is 9.80. The molecule has 0 aromatic carbocycles. The first kappa shape index (κ1) is 11.6. The van der Waals surface area contributed by atoms with Gasteiger partial charge < -0.3 is 10.1 Å². The highest BCUT2D eigenvalue weighted by atomic mass is 16.5. The lowest BCUT2D eigenvalue weighted by molar-refractivity contribution is -0.0695. The fourth-order valence-electron chi connectivity index (χ4n) is 2.17. The third-order valence-corrected chi connectivity index (χ3v) is 3.41. The Hall–Kier alpha value is -0.930. The highest BCUT2D eigenvalue weighted by Gasteiger charge is 2.36. The smallest absolute Gasteiger partial charge is 0.0802 e. The number of hydrogen-bond acceptors (Lipinski definition) is 3. The van der Waals surface area contributed by atoms with Gasteiger partial charge in [0.25, 0.3) is 0 Å². The van der Waals surface area contributed by atoms with E-state index in [-0.39, 0.29) is 5.60 Å². The minimum atomic E-state index is 0.108. The number of hydrogen-bond donors (Lipinski definition) is 1. The lowest BCUT2D eigenvalue weighted by Gasteiger charge is -2.40. The molecule has 0 saturated heterocycles. The van der Waals surface area contributed by atoms with Crippen LogP contribution < -0.4 is 5.32 Å². The van der Waals surface area contributed by atoms with Crippen molar-refractivity contribution in [3.05, 3.63) is 29.6 Å². The van der Waals surface area contributed by atoms with Crippen LogP contribution in [-0.4, -0.2) is 24.2 Å². The second-order valence-corrected chi connectivity index (χ2v) is 4.71. The maximum Gasteiger partial charge on any atom is 0.0802 e. The summed E-state index contributed by atoms with van der Waals surface area (Å²) in [6.07, 6.45) is 7.46. The standard InChI is InChI=1S/C13H20N2O/c1-11-6-12(8-14-7-11)9-15-10-13(16-2)4-3-5-13/h6-8,15H,3-5,9-10H2,1-2H3. The van der Waals surface area contributed by atoms with Crippen molar-refractivity contribution in [2.45, 2.75) is 38.3 Å². The van der Waals surface area contributed by atoms with Gasteiger partial charge in [0.1, 0.15) is 0 Å². The molecule has 0 bridgehead atoms. The average molecular weight is 220 g/mol. The highest BCUT2D eigenvalue weighted by molar-refractivity contribution is 5.16. The van der Waals surface area contributed by atoms with Crippen molar-refractivity contribution in [1.29, 1.82) is 0 Å². The quantitative estimate of drug-likeness (QED) is 0.824. The topological polar surface area (TPSA) is 34.1 Å². The summed E-state index contributed by atoms with van der Waals surface area (Å²) in [5, 5.41) is 3.46. The molecule has 3 heteroatoms. The van der Waals surface area contributed by atoms with E-state index in [4.69, 9.17) is 4.74 Å². The van der Waals surface area contributed by atoms with Crippen LogP contribution in [0.25, 0.3) is 0 Å². The van der Waals surface area contributed by atoms with Crippen LogP contribution in [-0.2, 0) is 11.3 Å². The Balaban J connectivity index is 1.79. The van der Waals surface area contributed by atoms with E-state index < -0.39 is 0 Å². The SMILES string of the molecule is COC1(CNCc2cncc(C)c2)CCC1. The van der Waals surface area contributed by atoms with Gasteiger partial charge in [-0.15, -0.1) is 0 Å². The Kier molecular flexibility index (Phi) is 3.56. The first-order valence-corrected chi connectivity index (χ1v) is 5.90. The predicted octanol–water partition coefficient (Wildman–Crippen LogP) is 2.05. The largest absolute Gasteiger partial charge is 0.377 e. The van der Waals surface area contributed by atoms with E-state index in [0.29, 0.717) is 0 Å². The molecular formula is C13H20N2O. The molecule has 1 aliphatic rings. The normalized spacial score (nSPS) is 18.1. The summed E-state index contributed by atoms with van der Waals surface area (Å²) >= 11 is 0. The van der Waals surface area contributed by atoms with Crippen molar-refractivity contribution in [2.75, 3.05) is 13.7 Å². The lowest BCUT2D eigenvalue weighted by Crippen LogP contribution is -2.47. The summed E-state index contributed by atoms with van der Waals surface area (Å²) in [5.41, 5.74) is 2.56. The number of ether oxygens (including phenoxy) is 1. The molecule has 16 heavy (non-hydrogen) atoms. The minimum absolute atomic E-state index is 0.108. The van der Waals surface area contributed by atoms with Gasteiger partial charge in [-0.2, -0.15) is 0 Å². The Labute approximate surface area is 97.2 Å². The fourth-order valence-corrected chi connectivity index (χ4v) is 2.17. The molecule has 1 heterocycles. The molecule has 0 aliphatic heterocycles. The predicted molar refractivity (Wildman–Crippen MR) is 64.3 cm³/mol. The average Bonchev–Trinajstić information content (AvgIpc) is 2.22. The maximum atomic E-state index is 5.56. The molecule has 3 nitrogen and oxygen atoms in total. The van der Waals surface area contributed by atoms with Gasteiger partial charge in [0.15, 0.2) is 0 Å². The van der Waals surface area contributed by atoms with Crippen LogP contribution in [0.2, 0.25) is 0 Å². The summed E-state index contributed by atoms with van der Waals surface area (Å²) in [6, 6.07) is 2.17. The zero-order valence-electron chi connectivity index (χ0n) is 10.1. The van der Waals surface area contributed by atoms with Crippen LogP contribution in [0.1, 0.15) is 30.4 Å². The third kappa shape index (κ3) is 2.60. The molecule has 1 saturated carbocycles. The number of aromatic nitrogens is 1. The molecule has 0 amide bonds. The van der Waals surface area contributed by atoms with E-state index in [0.717, 1.165) is 13.1 Å². The molecule has 0 unspecified atom stereocenters. The molecule has 0 spiro atoms. The molecule has 1 N–H and O–H groups in total. The maximum absolute atomic E-state index is 5.56. The van der Waals surface area contributed by atoms with Crippen LogP contribution >= 0.6 is 0 Å². The number of nitrogens with zero attached hydrogens (tertiary/aromatic N) is 1. The molecule has 1 aliphatic carbocycles. The van der Waals surface area contributed by atoms with E-state index in [1.54, 1.807) is 0 Å². The van der Waals surface area contributed by atoms with E-state index in [2.05, 4.69) is 23.3 Å². The van der Waals surface area contributed by atoms with Crippen LogP contribution in [0.5, 0.6) is 0 Å². The highest BCUT2D eigenvalue weighted by Crippen LogP contribution is 2.34. The molecule has 1 aromatic rings. The van der Waals surface area contributed by atoms with Crippen molar-refractivity contribution in [1.82, 2.24) is 10.3 Å². The zero-order valence-corrected chi connectivity index (χ0v) is 10.1. The van der Waals surface area contributed by atoms with Gasteiger partial charge in [0.2, 0.25) is 0 Å². The second kappa shape index (κ2) is 4.93. The van der Waals surface area contributed by atoms with E-state index in [1.165, 1.54) is 30.4 Å². The molecule has 1 aromatic heterocycles. The van der Waals surface area contributed by atoms with E-state index in [1.807, 2.05) is 19.5 Å². The van der Waals surface area contributed by atoms with Crippen LogP contribution in [0.4, 0.5) is 0 Å². The first-order chi connectivity index (χ1) is 7.74. The molecular weight excluding hydrogens is 200 g/mol. The minimum Gasteiger partial charge on any atom is -0.377 e. The third-order valence-electron chi connectivity index (χ3n) is 3.41. The van der Waals surface area contributed by atoms with Crippen LogP contribution in [0.15, 0.2) is 18.5 Å². The zero-order chi connectivity index (χ0) is 11.4. The molecule has 1 fully saturated rings. The monoisotopic (exact) mass is 220 g/mol. The van der Waals surface area contributed by atoms with Gasteiger partial charge in [-0.25, -0.2) is 0 Å². The Bertz CT molecular complexity index is 342. The number of aryl methyl sites for hydroxylation is 1. The Morgan fingerprint density at radius 1 is 1.44 bits per heavy atom. The summed E-state index contributed by atoms with van der Waals surface area (Å²) < 4.78 is 5.56. The van der Waals surface area contributed by atoms with Gasteiger partial charge in [-0.1, -0.05) is 6.07 Å². The summed E-state index contributed by atoms with van der Waals surface area (Å²) in [7, 11) is 1.81. The van der Waals surface area contributed by atoms with Crippen molar-refractivity contribution in [3.8, 4) is 0 Å². The second-order valence-electron chi connectivity index (χ2n) is 4.71. The Morgan fingerprint density at radius 2 is 2.25 bits per heavy atom. The molecule has 88 valence electrons. The van der Waals surface area contributed by atoms with Gasteiger partial charge in [-0.05, 0) is 37.3 Å². The van der Waals surface area contributed by atoms with Gasteiger partial charge in [0, 0.05) is 32.6 Å². The molecule has 2 rings (SSSR count). The van der Waals surface area contributed by atoms with Crippen molar-refractivity contribution in [3.63, 3.8) is 0 Å². The summed E-state index contributed by atoms with van der Waals surface area (Å²) in [6.45, 7) is 3.89. The van der Waals surface area contributed by atoms with Crippen molar-refractivity contribution >= 4 is 0 Å². The number of nitrogens with one attached hydrogen (secondary N) is 1. The number of pyridine rings is 1. The summed E-state index contributed by atoms with van der Waals surface area (Å²) in [5.74, 6) is 0. The van der Waals surface area contributed by atoms with Crippen LogP contribution in [0, 0.1) is 6.92 Å². The van der Waals surface area contributed by atoms with Crippen molar-refractivity contribution < 1.29 is 4.74 Å². The number of rotatable bonds is 5. The molecule has 0 atom stereocenters. The fraction of sp³-hybridized carbons (Fsp3) is 0.615. The number of methoxy groups -OCH3 is 1. The Morgan fingerprint density at radius 3 is 2.81 bits per heavy atom. The van der Waals surface area contributed by atoms with Crippen LogP contribution in [0.3, 0.4) is 0 Å². The van der Waals surface area contributed by atoms with Gasteiger partial charge in [0.05, 0.1) is 5.60 Å². The summed E-state index contributed by atoms with van der Waals surface area (Å²) in [4.78, 5) is 4.18. The first-order valence-electron chi connectivity index (χ1n) is 5.90. The van der Waals surface area contributed by atoms with Gasteiger partial charge in [-0.3, -0.25) is 4.98 Å². The van der Waals surface area contributed by atoms with Crippen molar-refractivity contribution in [2.24, 2.45) is 0 Å². The van der Waals surface area contributed by atoms with E-state index >= 15 is 0 Å². The van der Waals surface area contributed by atoms with E-state index in [9.17, 15) is 0 Å². The van der Waals surface area contributed by atoms with Gasteiger partial charge >= 0.3 is 0 Å². The molecule has 0 radical (unpaired) electrons.